The number of amides is 1. The molecule has 1 N–H and O–H groups in total. The Morgan fingerprint density at radius 2 is 2.00 bits per heavy atom. The van der Waals surface area contributed by atoms with Gasteiger partial charge in [0.25, 0.3) is 0 Å². The molecule has 1 aromatic rings. The first-order chi connectivity index (χ1) is 10.1. The summed E-state index contributed by atoms with van der Waals surface area (Å²) >= 11 is 1.72. The number of hydrogen-bond acceptors (Lipinski definition) is 4. The zero-order valence-electron chi connectivity index (χ0n) is 13.1. The van der Waals surface area contributed by atoms with Gasteiger partial charge in [0.2, 0.25) is 5.91 Å². The molecule has 0 aliphatic carbocycles. The van der Waals surface area contributed by atoms with E-state index in [1.807, 2.05) is 12.1 Å². The maximum Gasteiger partial charge on any atom is 0.224 e. The fraction of sp³-hybridized carbons (Fsp3) is 0.562. The number of carbonyl (C=O) groups is 1. The molecule has 1 aromatic carbocycles. The van der Waals surface area contributed by atoms with Gasteiger partial charge in [-0.2, -0.15) is 0 Å². The van der Waals surface area contributed by atoms with Crippen molar-refractivity contribution < 1.29 is 4.79 Å². The van der Waals surface area contributed by atoms with Gasteiger partial charge in [0.15, 0.2) is 0 Å². The quantitative estimate of drug-likeness (QED) is 0.832. The molecule has 116 valence electrons. The second kappa shape index (κ2) is 7.82. The lowest BCUT2D eigenvalue weighted by molar-refractivity contribution is -0.120. The monoisotopic (exact) mass is 307 g/mol. The van der Waals surface area contributed by atoms with Gasteiger partial charge in [-0.15, -0.1) is 11.8 Å². The maximum absolute atomic E-state index is 12.0. The van der Waals surface area contributed by atoms with Crippen LogP contribution in [0.3, 0.4) is 0 Å². The summed E-state index contributed by atoms with van der Waals surface area (Å²) in [6.07, 6.45) is 2.51. The second-order valence-corrected chi connectivity index (χ2v) is 6.61. The minimum atomic E-state index is 0.105. The lowest BCUT2D eigenvalue weighted by atomic mass is 10.1. The average molecular weight is 307 g/mol. The lowest BCUT2D eigenvalue weighted by Crippen LogP contribution is -2.54. The number of thioether (sulfide) groups is 1. The number of nitrogens with zero attached hydrogens (tertiary/aromatic N) is 2. The van der Waals surface area contributed by atoms with Crippen LogP contribution >= 0.6 is 11.8 Å². The van der Waals surface area contributed by atoms with Crippen molar-refractivity contribution in [3.05, 3.63) is 29.8 Å². The summed E-state index contributed by atoms with van der Waals surface area (Å²) in [6, 6.07) is 8.61. The summed E-state index contributed by atoms with van der Waals surface area (Å²) in [5.74, 6) is 0.105. The van der Waals surface area contributed by atoms with E-state index in [1.54, 1.807) is 11.8 Å². The smallest absolute Gasteiger partial charge is 0.224 e. The summed E-state index contributed by atoms with van der Waals surface area (Å²) in [5, 5.41) is 3.07. The van der Waals surface area contributed by atoms with Gasteiger partial charge in [0.1, 0.15) is 0 Å². The number of carbonyl (C=O) groups excluding carboxylic acids is 1. The molecule has 0 spiro atoms. The van der Waals surface area contributed by atoms with E-state index < -0.39 is 0 Å². The number of benzene rings is 1. The molecule has 1 atom stereocenters. The summed E-state index contributed by atoms with van der Waals surface area (Å²) in [5.41, 5.74) is 1.07. The van der Waals surface area contributed by atoms with Crippen LogP contribution in [-0.4, -0.2) is 68.3 Å². The fourth-order valence-corrected chi connectivity index (χ4v) is 2.95. The van der Waals surface area contributed by atoms with Gasteiger partial charge in [0.05, 0.1) is 6.42 Å². The molecule has 0 bridgehead atoms. The Morgan fingerprint density at radius 1 is 1.29 bits per heavy atom. The molecule has 1 fully saturated rings. The highest BCUT2D eigenvalue weighted by molar-refractivity contribution is 7.98. The highest BCUT2D eigenvalue weighted by Crippen LogP contribution is 2.15. The minimum Gasteiger partial charge on any atom is -0.354 e. The minimum absolute atomic E-state index is 0.105. The van der Waals surface area contributed by atoms with Crippen LogP contribution in [0, 0.1) is 0 Å². The van der Waals surface area contributed by atoms with Gasteiger partial charge < -0.3 is 10.2 Å². The average Bonchev–Trinajstić information content (AvgIpc) is 2.49. The normalized spacial score (nSPS) is 20.4. The van der Waals surface area contributed by atoms with Crippen LogP contribution in [0.1, 0.15) is 5.56 Å². The topological polar surface area (TPSA) is 35.6 Å². The molecule has 1 aliphatic heterocycles. The SMILES string of the molecule is CSc1ccc(CC(=O)NC[C@@H]2CN(C)CCN2C)cc1. The summed E-state index contributed by atoms with van der Waals surface area (Å²) in [4.78, 5) is 17.9. The third kappa shape index (κ3) is 5.02. The molecule has 5 heteroatoms. The van der Waals surface area contributed by atoms with Gasteiger partial charge in [-0.25, -0.2) is 0 Å². The molecule has 1 aliphatic rings. The van der Waals surface area contributed by atoms with Gasteiger partial charge in [0, 0.05) is 37.1 Å². The molecule has 0 aromatic heterocycles. The highest BCUT2D eigenvalue weighted by atomic mass is 32.2. The Labute approximate surface area is 131 Å². The van der Waals surface area contributed by atoms with Gasteiger partial charge in [-0.3, -0.25) is 9.69 Å². The van der Waals surface area contributed by atoms with Crippen LogP contribution in [0.5, 0.6) is 0 Å². The van der Waals surface area contributed by atoms with Crippen LogP contribution in [0.4, 0.5) is 0 Å². The van der Waals surface area contributed by atoms with E-state index in [0.29, 0.717) is 12.5 Å². The van der Waals surface area contributed by atoms with Gasteiger partial charge >= 0.3 is 0 Å². The molecule has 0 radical (unpaired) electrons. The van der Waals surface area contributed by atoms with Crippen molar-refractivity contribution in [3.63, 3.8) is 0 Å². The van der Waals surface area contributed by atoms with E-state index in [4.69, 9.17) is 0 Å². The van der Waals surface area contributed by atoms with Crippen molar-refractivity contribution in [2.45, 2.75) is 17.4 Å². The Bertz CT molecular complexity index is 463. The number of piperazine rings is 1. The maximum atomic E-state index is 12.0. The summed E-state index contributed by atoms with van der Waals surface area (Å²) in [6.45, 7) is 3.90. The Morgan fingerprint density at radius 3 is 2.67 bits per heavy atom. The summed E-state index contributed by atoms with van der Waals surface area (Å²) < 4.78 is 0. The zero-order chi connectivity index (χ0) is 15.2. The number of rotatable bonds is 5. The van der Waals surface area contributed by atoms with E-state index >= 15 is 0 Å². The molecule has 0 saturated carbocycles. The van der Waals surface area contributed by atoms with E-state index in [-0.39, 0.29) is 5.91 Å². The number of nitrogens with one attached hydrogen (secondary N) is 1. The number of likely N-dealkylation sites (N-methyl/N-ethyl adjacent to an activating group) is 2. The van der Waals surface area contributed by atoms with Crippen LogP contribution in [0.25, 0.3) is 0 Å². The Balaban J connectivity index is 1.78. The number of hydrogen-bond donors (Lipinski definition) is 1. The first kappa shape index (κ1) is 16.3. The van der Waals surface area contributed by atoms with Gasteiger partial charge in [-0.1, -0.05) is 12.1 Å². The molecule has 2 rings (SSSR count). The van der Waals surface area contributed by atoms with Crippen LogP contribution in [0.2, 0.25) is 0 Å². The molecule has 0 unspecified atom stereocenters. The Hall–Kier alpha value is -1.04. The first-order valence-electron chi connectivity index (χ1n) is 7.37. The predicted molar refractivity (Wildman–Crippen MR) is 88.9 cm³/mol. The Kier molecular flexibility index (Phi) is 6.08. The van der Waals surface area contributed by atoms with Crippen molar-refractivity contribution in [2.24, 2.45) is 0 Å². The van der Waals surface area contributed by atoms with Crippen molar-refractivity contribution in [2.75, 3.05) is 46.5 Å². The molecular weight excluding hydrogens is 282 g/mol. The van der Waals surface area contributed by atoms with E-state index in [2.05, 4.69) is 47.6 Å². The van der Waals surface area contributed by atoms with Crippen molar-refractivity contribution in [3.8, 4) is 0 Å². The zero-order valence-corrected chi connectivity index (χ0v) is 13.9. The lowest BCUT2D eigenvalue weighted by Gasteiger charge is -2.37. The van der Waals surface area contributed by atoms with E-state index in [1.165, 1.54) is 4.90 Å². The van der Waals surface area contributed by atoms with Crippen molar-refractivity contribution in [1.29, 1.82) is 0 Å². The highest BCUT2D eigenvalue weighted by Gasteiger charge is 2.22. The third-order valence-corrected chi connectivity index (χ3v) is 4.78. The second-order valence-electron chi connectivity index (χ2n) is 5.73. The van der Waals surface area contributed by atoms with Crippen LogP contribution < -0.4 is 5.32 Å². The van der Waals surface area contributed by atoms with Gasteiger partial charge in [-0.05, 0) is 38.0 Å². The van der Waals surface area contributed by atoms with E-state index in [9.17, 15) is 4.79 Å². The van der Waals surface area contributed by atoms with Crippen LogP contribution in [0.15, 0.2) is 29.2 Å². The van der Waals surface area contributed by atoms with Crippen molar-refractivity contribution >= 4 is 17.7 Å². The van der Waals surface area contributed by atoms with Crippen molar-refractivity contribution in [1.82, 2.24) is 15.1 Å². The first-order valence-corrected chi connectivity index (χ1v) is 8.59. The molecule has 1 saturated heterocycles. The predicted octanol–water partition coefficient (Wildman–Crippen LogP) is 1.31. The molecule has 1 heterocycles. The van der Waals surface area contributed by atoms with Crippen LogP contribution in [-0.2, 0) is 11.2 Å². The van der Waals surface area contributed by atoms with E-state index in [0.717, 1.165) is 31.7 Å². The molecule has 21 heavy (non-hydrogen) atoms. The fourth-order valence-electron chi connectivity index (χ4n) is 2.54. The molecule has 4 nitrogen and oxygen atoms in total. The standard InChI is InChI=1S/C16H25N3OS/c1-18-8-9-19(2)14(12-18)11-17-16(20)10-13-4-6-15(21-3)7-5-13/h4-7,14H,8-12H2,1-3H3,(H,17,20)/t14-/m1/s1. The third-order valence-electron chi connectivity index (χ3n) is 4.04. The largest absolute Gasteiger partial charge is 0.354 e. The summed E-state index contributed by atoms with van der Waals surface area (Å²) in [7, 11) is 4.26. The molecule has 1 amide bonds. The molecular formula is C16H25N3OS.